The molecule has 1 spiro atoms. The average Bonchev–Trinajstić information content (AvgIpc) is 3.05. The zero-order chi connectivity index (χ0) is 17.4. The minimum absolute atomic E-state index is 0.0313. The predicted molar refractivity (Wildman–Crippen MR) is 91.9 cm³/mol. The van der Waals surface area contributed by atoms with Crippen molar-refractivity contribution in [2.24, 2.45) is 5.41 Å². The van der Waals surface area contributed by atoms with Gasteiger partial charge in [0, 0.05) is 25.2 Å². The van der Waals surface area contributed by atoms with Crippen LogP contribution >= 0.6 is 0 Å². The summed E-state index contributed by atoms with van der Waals surface area (Å²) in [5.41, 5.74) is 1.88. The fraction of sp³-hybridized carbons (Fsp3) is 0.579. The van der Waals surface area contributed by atoms with Crippen LogP contribution in [0.25, 0.3) is 0 Å². The molecule has 6 nitrogen and oxygen atoms in total. The van der Waals surface area contributed by atoms with E-state index in [1.807, 2.05) is 23.1 Å². The van der Waals surface area contributed by atoms with Crippen molar-refractivity contribution >= 4 is 11.9 Å². The van der Waals surface area contributed by atoms with E-state index in [1.165, 1.54) is 0 Å². The lowest BCUT2D eigenvalue weighted by atomic mass is 9.76. The monoisotopic (exact) mass is 344 g/mol. The van der Waals surface area contributed by atoms with Crippen LogP contribution in [0.15, 0.2) is 18.2 Å². The zero-order valence-electron chi connectivity index (χ0n) is 14.3. The lowest BCUT2D eigenvalue weighted by Crippen LogP contribution is -2.44. The van der Waals surface area contributed by atoms with Gasteiger partial charge in [0.25, 0.3) is 5.91 Å². The molecule has 0 aliphatic carbocycles. The number of aliphatic carboxylic acids is 1. The standard InChI is InChI=1S/C19H24N2O4/c22-17(14-3-4-16-13(10-14)2-1-9-25-16)21-7-5-19(6-8-21)11-15(18(23)24)20-12-19/h3-4,10,15,20H,1-2,5-9,11-12H2,(H,23,24). The molecule has 0 radical (unpaired) electrons. The molecule has 1 atom stereocenters. The normalized spacial score (nSPS) is 24.6. The highest BCUT2D eigenvalue weighted by Crippen LogP contribution is 2.39. The number of carboxylic acids is 1. The van der Waals surface area contributed by atoms with Gasteiger partial charge in [-0.25, -0.2) is 0 Å². The fourth-order valence-corrected chi connectivity index (χ4v) is 4.33. The van der Waals surface area contributed by atoms with Gasteiger partial charge in [-0.3, -0.25) is 9.59 Å². The molecule has 1 aromatic carbocycles. The quantitative estimate of drug-likeness (QED) is 0.853. The average molecular weight is 344 g/mol. The first-order valence-electron chi connectivity index (χ1n) is 9.08. The van der Waals surface area contributed by atoms with Gasteiger partial charge in [-0.2, -0.15) is 0 Å². The Labute approximate surface area is 147 Å². The summed E-state index contributed by atoms with van der Waals surface area (Å²) in [7, 11) is 0. The third-order valence-electron chi connectivity index (χ3n) is 5.93. The third kappa shape index (κ3) is 3.11. The lowest BCUT2D eigenvalue weighted by Gasteiger charge is -2.39. The molecule has 6 heteroatoms. The zero-order valence-corrected chi connectivity index (χ0v) is 14.3. The van der Waals surface area contributed by atoms with Gasteiger partial charge in [0.15, 0.2) is 0 Å². The summed E-state index contributed by atoms with van der Waals surface area (Å²) in [4.78, 5) is 25.9. The molecule has 134 valence electrons. The van der Waals surface area contributed by atoms with Gasteiger partial charge >= 0.3 is 5.97 Å². The van der Waals surface area contributed by atoms with Gasteiger partial charge in [-0.05, 0) is 61.3 Å². The number of carbonyl (C=O) groups excluding carboxylic acids is 1. The Hall–Kier alpha value is -2.08. The second-order valence-electron chi connectivity index (χ2n) is 7.54. The Balaban J connectivity index is 1.41. The molecule has 2 saturated heterocycles. The van der Waals surface area contributed by atoms with E-state index in [1.54, 1.807) is 0 Å². The van der Waals surface area contributed by atoms with Crippen LogP contribution in [0.5, 0.6) is 5.75 Å². The first-order valence-corrected chi connectivity index (χ1v) is 9.08. The number of amides is 1. The lowest BCUT2D eigenvalue weighted by molar-refractivity contribution is -0.139. The van der Waals surface area contributed by atoms with Gasteiger partial charge in [-0.1, -0.05) is 0 Å². The summed E-state index contributed by atoms with van der Waals surface area (Å²) >= 11 is 0. The van der Waals surface area contributed by atoms with E-state index in [9.17, 15) is 14.7 Å². The molecule has 1 unspecified atom stereocenters. The molecule has 3 aliphatic heterocycles. The summed E-state index contributed by atoms with van der Waals surface area (Å²) in [6.45, 7) is 2.88. The van der Waals surface area contributed by atoms with Crippen LogP contribution < -0.4 is 10.1 Å². The molecular formula is C19H24N2O4. The molecule has 0 bridgehead atoms. The van der Waals surface area contributed by atoms with Crippen LogP contribution in [-0.2, 0) is 11.2 Å². The van der Waals surface area contributed by atoms with Gasteiger partial charge < -0.3 is 20.1 Å². The van der Waals surface area contributed by atoms with Gasteiger partial charge in [-0.15, -0.1) is 0 Å². The third-order valence-corrected chi connectivity index (χ3v) is 5.93. The maximum atomic E-state index is 12.8. The van der Waals surface area contributed by atoms with E-state index >= 15 is 0 Å². The van der Waals surface area contributed by atoms with Gasteiger partial charge in [0.05, 0.1) is 6.61 Å². The Morgan fingerprint density at radius 1 is 1.28 bits per heavy atom. The van der Waals surface area contributed by atoms with Crippen molar-refractivity contribution in [3.05, 3.63) is 29.3 Å². The maximum absolute atomic E-state index is 12.8. The number of rotatable bonds is 2. The summed E-state index contributed by atoms with van der Waals surface area (Å²) in [6.07, 6.45) is 4.35. The number of carboxylic acid groups (broad SMARTS) is 1. The second-order valence-corrected chi connectivity index (χ2v) is 7.54. The Morgan fingerprint density at radius 2 is 2.08 bits per heavy atom. The Kier molecular flexibility index (Phi) is 4.15. The van der Waals surface area contributed by atoms with Crippen LogP contribution in [0.3, 0.4) is 0 Å². The van der Waals surface area contributed by atoms with Crippen molar-refractivity contribution in [2.45, 2.75) is 38.1 Å². The van der Waals surface area contributed by atoms with Crippen molar-refractivity contribution < 1.29 is 19.4 Å². The highest BCUT2D eigenvalue weighted by Gasteiger charge is 2.44. The van der Waals surface area contributed by atoms with Crippen molar-refractivity contribution in [1.29, 1.82) is 0 Å². The van der Waals surface area contributed by atoms with E-state index in [4.69, 9.17) is 4.74 Å². The minimum Gasteiger partial charge on any atom is -0.493 e. The number of hydrogen-bond donors (Lipinski definition) is 2. The largest absolute Gasteiger partial charge is 0.493 e. The van der Waals surface area contributed by atoms with Crippen LogP contribution in [0, 0.1) is 5.41 Å². The maximum Gasteiger partial charge on any atom is 0.320 e. The SMILES string of the molecule is O=C(O)C1CC2(CCN(C(=O)c3ccc4c(c3)CCCO4)CC2)CN1. The highest BCUT2D eigenvalue weighted by molar-refractivity contribution is 5.94. The summed E-state index contributed by atoms with van der Waals surface area (Å²) < 4.78 is 5.62. The van der Waals surface area contributed by atoms with Crippen molar-refractivity contribution in [3.63, 3.8) is 0 Å². The number of ether oxygens (including phenoxy) is 1. The number of carbonyl (C=O) groups is 2. The molecule has 4 rings (SSSR count). The number of likely N-dealkylation sites (tertiary alicyclic amines) is 1. The number of piperidine rings is 1. The molecule has 1 amide bonds. The number of fused-ring (bicyclic) bond motifs is 1. The van der Waals surface area contributed by atoms with Crippen LogP contribution in [0.2, 0.25) is 0 Å². The molecule has 3 aliphatic rings. The molecule has 1 aromatic rings. The highest BCUT2D eigenvalue weighted by atomic mass is 16.5. The van der Waals surface area contributed by atoms with E-state index in [-0.39, 0.29) is 11.3 Å². The molecule has 25 heavy (non-hydrogen) atoms. The summed E-state index contributed by atoms with van der Waals surface area (Å²) in [6, 6.07) is 5.29. The second kappa shape index (κ2) is 6.33. The molecule has 3 heterocycles. The first-order chi connectivity index (χ1) is 12.1. The van der Waals surface area contributed by atoms with Crippen molar-refractivity contribution in [1.82, 2.24) is 10.2 Å². The molecule has 2 N–H and O–H groups in total. The Morgan fingerprint density at radius 3 is 2.80 bits per heavy atom. The van der Waals surface area contributed by atoms with Crippen molar-refractivity contribution in [3.8, 4) is 5.75 Å². The molecule has 0 aromatic heterocycles. The van der Waals surface area contributed by atoms with E-state index in [2.05, 4.69) is 5.32 Å². The predicted octanol–water partition coefficient (Wildman–Crippen LogP) is 1.68. The number of aryl methyl sites for hydroxylation is 1. The van der Waals surface area contributed by atoms with E-state index in [0.29, 0.717) is 19.5 Å². The number of benzene rings is 1. The van der Waals surface area contributed by atoms with Gasteiger partial charge in [0.2, 0.25) is 0 Å². The smallest absolute Gasteiger partial charge is 0.320 e. The van der Waals surface area contributed by atoms with Gasteiger partial charge in [0.1, 0.15) is 11.8 Å². The summed E-state index contributed by atoms with van der Waals surface area (Å²) in [5, 5.41) is 12.3. The van der Waals surface area contributed by atoms with Crippen LogP contribution in [0.1, 0.15) is 41.6 Å². The first kappa shape index (κ1) is 16.4. The Bertz CT molecular complexity index is 695. The number of nitrogens with zero attached hydrogens (tertiary/aromatic N) is 1. The topological polar surface area (TPSA) is 78.9 Å². The van der Waals surface area contributed by atoms with Crippen LogP contribution in [0.4, 0.5) is 0 Å². The van der Waals surface area contributed by atoms with E-state index < -0.39 is 12.0 Å². The van der Waals surface area contributed by atoms with Crippen molar-refractivity contribution in [2.75, 3.05) is 26.2 Å². The summed E-state index contributed by atoms with van der Waals surface area (Å²) in [5.74, 6) is 0.202. The van der Waals surface area contributed by atoms with E-state index in [0.717, 1.165) is 55.7 Å². The number of nitrogens with one attached hydrogen (secondary N) is 1. The molecular weight excluding hydrogens is 320 g/mol. The minimum atomic E-state index is -0.772. The number of hydrogen-bond acceptors (Lipinski definition) is 4. The molecule has 2 fully saturated rings. The fourth-order valence-electron chi connectivity index (χ4n) is 4.33. The van der Waals surface area contributed by atoms with Crippen LogP contribution in [-0.4, -0.2) is 54.2 Å². The molecule has 0 saturated carbocycles.